The summed E-state index contributed by atoms with van der Waals surface area (Å²) in [7, 11) is 0. The first kappa shape index (κ1) is 6.64. The third-order valence-electron chi connectivity index (χ3n) is 0.748. The second-order valence-corrected chi connectivity index (χ2v) is 4.86. The zero-order valence-electron chi connectivity index (χ0n) is 4.29. The van der Waals surface area contributed by atoms with Crippen LogP contribution in [0, 0.1) is 0 Å². The van der Waals surface area contributed by atoms with Crippen molar-refractivity contribution in [2.24, 2.45) is 5.10 Å². The first-order valence-corrected chi connectivity index (χ1v) is 4.56. The van der Waals surface area contributed by atoms with Gasteiger partial charge in [-0.3, -0.25) is 5.43 Å². The Hall–Kier alpha value is 0.520. The van der Waals surface area contributed by atoms with Gasteiger partial charge in [0.05, 0.1) is 5.55 Å². The second kappa shape index (κ2) is 2.41. The van der Waals surface area contributed by atoms with Crippen molar-refractivity contribution in [2.75, 3.05) is 6.26 Å². The summed E-state index contributed by atoms with van der Waals surface area (Å²) in [5.41, 5.74) is 4.60. The van der Waals surface area contributed by atoms with Crippen molar-refractivity contribution >= 4 is 41.7 Å². The average molecular weight is 166 g/mol. The number of thiol groups is 1. The Balaban J connectivity index is 2.46. The Kier molecular flexibility index (Phi) is 2.00. The molecule has 1 unspecified atom stereocenters. The number of hydrogen-bond donors (Lipinski definition) is 2. The summed E-state index contributed by atoms with van der Waals surface area (Å²) in [6, 6.07) is 0. The molecule has 1 atom stereocenters. The molecule has 0 aromatic rings. The molecule has 2 nitrogen and oxygen atoms in total. The molecule has 1 heterocycles. The van der Waals surface area contributed by atoms with Gasteiger partial charge in [0.2, 0.25) is 0 Å². The smallest absolute Gasteiger partial charge is 0.195 e. The number of nitrogens with zero attached hydrogens (tertiary/aromatic N) is 1. The molecule has 0 fully saturated rings. The fraction of sp³-hybridized carbons (Fsp3) is 0.667. The molecule has 0 spiro atoms. The quantitative estimate of drug-likeness (QED) is 0.452. The van der Waals surface area contributed by atoms with E-state index in [0.29, 0.717) is 0 Å². The Bertz CT molecular complexity index is 105. The van der Waals surface area contributed by atoms with Gasteiger partial charge in [0.1, 0.15) is 0 Å². The summed E-state index contributed by atoms with van der Waals surface area (Å²) in [6.45, 7) is 0. The maximum atomic E-state index is 4.27. The lowest BCUT2D eigenvalue weighted by molar-refractivity contribution is 0.828. The van der Waals surface area contributed by atoms with Crippen LogP contribution in [0.5, 0.6) is 0 Å². The molecule has 46 valence electrons. The van der Waals surface area contributed by atoms with Gasteiger partial charge in [0.15, 0.2) is 3.54 Å². The average Bonchev–Trinajstić information content (AvgIpc) is 2.17. The van der Waals surface area contributed by atoms with E-state index in [2.05, 4.69) is 23.2 Å². The van der Waals surface area contributed by atoms with Crippen LogP contribution in [0.2, 0.25) is 0 Å². The fourth-order valence-corrected chi connectivity index (χ4v) is 1.54. The first-order valence-electron chi connectivity index (χ1n) is 2.01. The Labute approximate surface area is 62.3 Å². The number of hydrogen-bond acceptors (Lipinski definition) is 5. The highest BCUT2D eigenvalue weighted by Gasteiger charge is 2.26. The zero-order chi connectivity index (χ0) is 6.04. The molecule has 0 saturated heterocycles. The van der Waals surface area contributed by atoms with E-state index >= 15 is 0 Å². The molecule has 0 amide bonds. The minimum absolute atomic E-state index is 0.208. The van der Waals surface area contributed by atoms with Crippen LogP contribution in [-0.2, 0) is 0 Å². The Morgan fingerprint density at radius 1 is 2.00 bits per heavy atom. The highest BCUT2D eigenvalue weighted by Crippen LogP contribution is 2.37. The van der Waals surface area contributed by atoms with Crippen LogP contribution in [0.15, 0.2) is 5.10 Å². The molecule has 0 radical (unpaired) electrons. The van der Waals surface area contributed by atoms with Gasteiger partial charge in [-0.15, -0.1) is 24.4 Å². The van der Waals surface area contributed by atoms with Gasteiger partial charge in [-0.05, 0) is 6.26 Å². The van der Waals surface area contributed by atoms with E-state index in [1.165, 1.54) is 0 Å². The summed E-state index contributed by atoms with van der Waals surface area (Å²) in [4.78, 5) is 0. The van der Waals surface area contributed by atoms with Crippen LogP contribution in [-0.4, -0.2) is 15.3 Å². The summed E-state index contributed by atoms with van der Waals surface area (Å²) >= 11 is 7.47. The third kappa shape index (κ3) is 1.27. The van der Waals surface area contributed by atoms with Crippen LogP contribution in [0.3, 0.4) is 0 Å². The lowest BCUT2D eigenvalue weighted by Gasteiger charge is -2.16. The third-order valence-corrected chi connectivity index (χ3v) is 3.77. The van der Waals surface area contributed by atoms with Gasteiger partial charge in [0, 0.05) is 0 Å². The van der Waals surface area contributed by atoms with E-state index < -0.39 is 0 Å². The topological polar surface area (TPSA) is 24.4 Å². The molecule has 5 heteroatoms. The highest BCUT2D eigenvalue weighted by molar-refractivity contribution is 8.34. The maximum Gasteiger partial charge on any atom is 0.195 e. The zero-order valence-corrected chi connectivity index (χ0v) is 6.82. The van der Waals surface area contributed by atoms with E-state index in [4.69, 9.17) is 0 Å². The number of hydrazone groups is 1. The van der Waals surface area contributed by atoms with E-state index in [1.54, 1.807) is 29.1 Å². The standard InChI is InChI=1S/C3H6N2S3/c1-7-3(6)5-4-2-8-3/h2,5-6H,1H3. The van der Waals surface area contributed by atoms with Crippen molar-refractivity contribution in [1.82, 2.24) is 5.43 Å². The van der Waals surface area contributed by atoms with Gasteiger partial charge >= 0.3 is 0 Å². The van der Waals surface area contributed by atoms with Gasteiger partial charge in [-0.2, -0.15) is 5.10 Å². The van der Waals surface area contributed by atoms with Gasteiger partial charge in [0.25, 0.3) is 0 Å². The highest BCUT2D eigenvalue weighted by atomic mass is 32.3. The van der Waals surface area contributed by atoms with Crippen LogP contribution in [0.25, 0.3) is 0 Å². The number of nitrogens with one attached hydrogen (secondary N) is 1. The molecule has 1 rings (SSSR count). The van der Waals surface area contributed by atoms with E-state index in [-0.39, 0.29) is 3.54 Å². The first-order chi connectivity index (χ1) is 3.77. The second-order valence-electron chi connectivity index (χ2n) is 1.25. The lowest BCUT2D eigenvalue weighted by Crippen LogP contribution is -2.23. The molecule has 0 bridgehead atoms. The number of rotatable bonds is 1. The summed E-state index contributed by atoms with van der Waals surface area (Å²) in [6.07, 6.45) is 1.99. The molecule has 8 heavy (non-hydrogen) atoms. The van der Waals surface area contributed by atoms with Gasteiger partial charge < -0.3 is 0 Å². The predicted octanol–water partition coefficient (Wildman–Crippen LogP) is 1.17. The fourth-order valence-electron chi connectivity index (χ4n) is 0.326. The Morgan fingerprint density at radius 3 is 3.00 bits per heavy atom. The molecule has 1 aliphatic rings. The van der Waals surface area contributed by atoms with Crippen molar-refractivity contribution in [1.29, 1.82) is 0 Å². The van der Waals surface area contributed by atoms with Crippen molar-refractivity contribution in [3.05, 3.63) is 0 Å². The molecule has 0 aliphatic carbocycles. The maximum absolute atomic E-state index is 4.27. The summed E-state index contributed by atoms with van der Waals surface area (Å²) in [5.74, 6) is 0. The predicted molar refractivity (Wildman–Crippen MR) is 44.5 cm³/mol. The van der Waals surface area contributed by atoms with E-state index in [1.807, 2.05) is 6.26 Å². The molecule has 0 aromatic carbocycles. The van der Waals surface area contributed by atoms with Crippen molar-refractivity contribution in [3.63, 3.8) is 0 Å². The molecule has 0 saturated carbocycles. The largest absolute Gasteiger partial charge is 0.274 e. The van der Waals surface area contributed by atoms with Crippen molar-refractivity contribution in [3.8, 4) is 0 Å². The Morgan fingerprint density at radius 2 is 2.75 bits per heavy atom. The molecule has 1 N–H and O–H groups in total. The molecule has 0 aromatic heterocycles. The summed E-state index contributed by atoms with van der Waals surface area (Å²) < 4.78 is -0.208. The minimum Gasteiger partial charge on any atom is -0.274 e. The summed E-state index contributed by atoms with van der Waals surface area (Å²) in [5, 5.41) is 3.80. The lowest BCUT2D eigenvalue weighted by atomic mass is 11.4. The van der Waals surface area contributed by atoms with Crippen LogP contribution < -0.4 is 5.43 Å². The van der Waals surface area contributed by atoms with E-state index in [0.717, 1.165) is 0 Å². The monoisotopic (exact) mass is 166 g/mol. The van der Waals surface area contributed by atoms with Crippen LogP contribution in [0.1, 0.15) is 0 Å². The SMILES string of the molecule is CSC1(S)NN=CS1. The molecular formula is C3H6N2S3. The van der Waals surface area contributed by atoms with Crippen LogP contribution in [0.4, 0.5) is 0 Å². The molecular weight excluding hydrogens is 160 g/mol. The van der Waals surface area contributed by atoms with E-state index in [9.17, 15) is 0 Å². The number of thioether (sulfide) groups is 2. The molecule has 1 aliphatic heterocycles. The van der Waals surface area contributed by atoms with Crippen LogP contribution >= 0.6 is 36.2 Å². The normalized spacial score (nSPS) is 35.2. The van der Waals surface area contributed by atoms with Crippen molar-refractivity contribution in [2.45, 2.75) is 3.54 Å². The van der Waals surface area contributed by atoms with Gasteiger partial charge in [-0.25, -0.2) is 0 Å². The minimum atomic E-state index is -0.208. The van der Waals surface area contributed by atoms with Crippen molar-refractivity contribution < 1.29 is 0 Å². The van der Waals surface area contributed by atoms with Gasteiger partial charge in [-0.1, -0.05) is 11.8 Å².